The molecule has 11 atom stereocenters. The number of nitrogens with zero attached hydrogens (tertiary/aromatic N) is 3. The van der Waals surface area contributed by atoms with Gasteiger partial charge in [-0.3, -0.25) is 44.4 Å². The maximum atomic E-state index is 14.5. The van der Waals surface area contributed by atoms with Gasteiger partial charge in [0.2, 0.25) is 17.7 Å². The normalized spacial score (nSPS) is 25.2. The molecule has 9 amide bonds. The van der Waals surface area contributed by atoms with Crippen molar-refractivity contribution >= 4 is 65.1 Å². The van der Waals surface area contributed by atoms with Crippen molar-refractivity contribution in [2.45, 2.75) is 173 Å². The number of aliphatic hydroxyl groups excluding tert-OH is 1. The number of amides is 9. The highest BCUT2D eigenvalue weighted by Gasteiger charge is 2.64. The van der Waals surface area contributed by atoms with Crippen LogP contribution in [0.4, 0.5) is 25.8 Å². The number of alkyl carbamates (subject to hydrolysis) is 1. The molecule has 6 rings (SSSR count). The molecule has 0 radical (unpaired) electrons. The summed E-state index contributed by atoms with van der Waals surface area (Å²) >= 11 is 0. The molecule has 2 aromatic rings. The molecule has 26 nitrogen and oxygen atoms in total. The van der Waals surface area contributed by atoms with Gasteiger partial charge < -0.3 is 65.2 Å². The van der Waals surface area contributed by atoms with Crippen molar-refractivity contribution in [3.8, 4) is 5.75 Å². The standard InChI is InChI=1S/C62H87N9O17/c1-35(2)53(67-49(72)20-13-12-14-28-71-50(73)25-26-51(71)74)56(77)66-43(18-16-27-64-58(63)79)55(76)65-42-23-21-40(22-24-42)34-85-60(81)69(8)39(6)57(78)87-48-32-52(75)70(9)44-30-41(31-45(83-10)37(44)4)29-36(3)17-15-19-47(84-11)62(82)33-46(86-59(80)68-62)38(5)54-61(48,7)88-54/h15,17,19,21-26,30-31,35,38-39,43,46-49,53-54,67,72,82H,12-14,16,18,20,27-29,32-34H2,1-11H3,(H,65,76)(H,66,77)(H,68,80)(H3,63,64,79)/b19-15+,36-17+/t38?,39-,43-,46?,47?,48?,49?,53-,54?,61?,62?/m0/s1. The number of nitrogens with one attached hydrogen (secondary N) is 5. The molecule has 9 N–H and O–H groups in total. The number of aliphatic hydroxyl groups is 2. The molecule has 4 aliphatic heterocycles. The Kier molecular flexibility index (Phi) is 24.2. The number of primary amides is 1. The number of anilines is 2. The molecular formula is C62H87N9O17. The van der Waals surface area contributed by atoms with E-state index in [1.165, 1.54) is 45.2 Å². The second-order valence-corrected chi connectivity index (χ2v) is 23.5. The van der Waals surface area contributed by atoms with E-state index in [0.29, 0.717) is 53.9 Å². The number of imide groups is 1. The number of allylic oxidation sites excluding steroid dienone is 3. The van der Waals surface area contributed by atoms with Crippen LogP contribution >= 0.6 is 0 Å². The molecule has 2 saturated heterocycles. The summed E-state index contributed by atoms with van der Waals surface area (Å²) in [7, 11) is 5.91. The van der Waals surface area contributed by atoms with Crippen LogP contribution < -0.4 is 42.0 Å². The van der Waals surface area contributed by atoms with Crippen molar-refractivity contribution in [2.24, 2.45) is 17.6 Å². The van der Waals surface area contributed by atoms with Crippen molar-refractivity contribution in [3.05, 3.63) is 89.0 Å². The van der Waals surface area contributed by atoms with Crippen LogP contribution in [0.5, 0.6) is 5.75 Å². The number of likely N-dealkylation sites (N-methyl/N-ethyl adjacent to an activating group) is 1. The quantitative estimate of drug-likeness (QED) is 0.0182. The Labute approximate surface area is 513 Å². The first-order valence-corrected chi connectivity index (χ1v) is 29.6. The van der Waals surface area contributed by atoms with Gasteiger partial charge in [-0.25, -0.2) is 19.2 Å². The molecule has 4 bridgehead atoms. The van der Waals surface area contributed by atoms with E-state index in [1.807, 2.05) is 32.1 Å². The van der Waals surface area contributed by atoms with Gasteiger partial charge in [0.15, 0.2) is 5.72 Å². The van der Waals surface area contributed by atoms with E-state index >= 15 is 0 Å². The van der Waals surface area contributed by atoms with Crippen molar-refractivity contribution in [3.63, 3.8) is 0 Å². The van der Waals surface area contributed by atoms with Crippen molar-refractivity contribution in [1.29, 1.82) is 0 Å². The number of epoxide rings is 1. The summed E-state index contributed by atoms with van der Waals surface area (Å²) in [6, 6.07) is 6.07. The lowest BCUT2D eigenvalue weighted by Crippen LogP contribution is -2.63. The zero-order valence-electron chi connectivity index (χ0n) is 52.0. The first-order chi connectivity index (χ1) is 41.6. The highest BCUT2D eigenvalue weighted by atomic mass is 16.7. The van der Waals surface area contributed by atoms with Gasteiger partial charge in [0.05, 0.1) is 31.4 Å². The Morgan fingerprint density at radius 1 is 0.955 bits per heavy atom. The number of ether oxygens (including phenoxy) is 6. The molecule has 2 aromatic carbocycles. The Morgan fingerprint density at radius 3 is 2.30 bits per heavy atom. The van der Waals surface area contributed by atoms with E-state index in [-0.39, 0.29) is 69.5 Å². The number of methoxy groups -OCH3 is 2. The molecule has 2 fully saturated rings. The van der Waals surface area contributed by atoms with Crippen LogP contribution in [0.25, 0.3) is 0 Å². The largest absolute Gasteiger partial charge is 0.496 e. The minimum absolute atomic E-state index is 0.0966. The maximum absolute atomic E-state index is 14.5. The molecule has 0 saturated carbocycles. The molecule has 8 unspecified atom stereocenters. The second kappa shape index (κ2) is 30.8. The summed E-state index contributed by atoms with van der Waals surface area (Å²) in [5.74, 6) is -3.57. The number of urea groups is 1. The van der Waals surface area contributed by atoms with Crippen LogP contribution in [0.1, 0.15) is 110 Å². The third-order valence-electron chi connectivity index (χ3n) is 16.5. The number of nitrogens with two attached hydrogens (primary N) is 1. The fraction of sp³-hybridized carbons (Fsp3) is 0.565. The molecule has 482 valence electrons. The van der Waals surface area contributed by atoms with Gasteiger partial charge in [-0.05, 0) is 108 Å². The van der Waals surface area contributed by atoms with Gasteiger partial charge >= 0.3 is 24.2 Å². The fourth-order valence-electron chi connectivity index (χ4n) is 10.9. The Bertz CT molecular complexity index is 2950. The predicted molar refractivity (Wildman–Crippen MR) is 322 cm³/mol. The number of fused-ring (bicyclic) bond motifs is 5. The van der Waals surface area contributed by atoms with Crippen LogP contribution in [0, 0.1) is 18.8 Å². The molecule has 0 aromatic heterocycles. The number of carbonyl (C=O) groups excluding carboxylic acids is 9. The van der Waals surface area contributed by atoms with Crippen molar-refractivity contribution in [2.75, 3.05) is 51.6 Å². The van der Waals surface area contributed by atoms with E-state index in [2.05, 4.69) is 26.6 Å². The summed E-state index contributed by atoms with van der Waals surface area (Å²) < 4.78 is 35.3. The van der Waals surface area contributed by atoms with Crippen LogP contribution in [0.2, 0.25) is 0 Å². The number of unbranched alkanes of at least 4 members (excludes halogenated alkanes) is 2. The van der Waals surface area contributed by atoms with E-state index < -0.39 is 108 Å². The minimum Gasteiger partial charge on any atom is -0.496 e. The summed E-state index contributed by atoms with van der Waals surface area (Å²) in [4.78, 5) is 122. The van der Waals surface area contributed by atoms with E-state index in [9.17, 15) is 53.4 Å². The third-order valence-corrected chi connectivity index (χ3v) is 16.5. The average molecular weight is 1230 g/mol. The van der Waals surface area contributed by atoms with E-state index in [4.69, 9.17) is 34.2 Å². The number of hydrogen-bond acceptors (Lipinski definition) is 18. The van der Waals surface area contributed by atoms with Crippen molar-refractivity contribution < 1.29 is 81.8 Å². The molecular weight excluding hydrogens is 1140 g/mol. The first-order valence-electron chi connectivity index (χ1n) is 29.6. The van der Waals surface area contributed by atoms with Gasteiger partial charge in [-0.2, -0.15) is 0 Å². The van der Waals surface area contributed by atoms with Gasteiger partial charge in [0.1, 0.15) is 54.6 Å². The van der Waals surface area contributed by atoms with Gasteiger partial charge in [0.25, 0.3) is 11.8 Å². The first kappa shape index (κ1) is 69.2. The molecule has 0 aliphatic carbocycles. The van der Waals surface area contributed by atoms with Crippen LogP contribution in [0.15, 0.2) is 72.4 Å². The predicted octanol–water partition coefficient (Wildman–Crippen LogP) is 4.27. The lowest BCUT2D eigenvalue weighted by Gasteiger charge is -2.42. The van der Waals surface area contributed by atoms with Crippen LogP contribution in [0.3, 0.4) is 0 Å². The highest BCUT2D eigenvalue weighted by Crippen LogP contribution is 2.49. The molecule has 88 heavy (non-hydrogen) atoms. The van der Waals surface area contributed by atoms with Gasteiger partial charge in [0, 0.05) is 70.0 Å². The van der Waals surface area contributed by atoms with Crippen LogP contribution in [-0.2, 0) is 65.5 Å². The Balaban J connectivity index is 1.09. The topological polar surface area (TPSA) is 349 Å². The number of carbonyl (C=O) groups is 9. The summed E-state index contributed by atoms with van der Waals surface area (Å²) in [5, 5.41) is 36.3. The average Bonchev–Trinajstić information content (AvgIpc) is 1.82. The molecule has 26 heteroatoms. The monoisotopic (exact) mass is 1230 g/mol. The zero-order chi connectivity index (χ0) is 64.8. The maximum Gasteiger partial charge on any atom is 0.410 e. The zero-order valence-corrected chi connectivity index (χ0v) is 52.0. The fourth-order valence-corrected chi connectivity index (χ4v) is 10.9. The smallest absolute Gasteiger partial charge is 0.410 e. The molecule has 4 aliphatic rings. The lowest BCUT2D eigenvalue weighted by atomic mass is 9.83. The number of benzene rings is 2. The minimum atomic E-state index is -1.90. The summed E-state index contributed by atoms with van der Waals surface area (Å²) in [6.45, 7) is 12.3. The second-order valence-electron chi connectivity index (χ2n) is 23.5. The van der Waals surface area contributed by atoms with E-state index in [1.54, 1.807) is 71.2 Å². The number of hydrogen-bond donors (Lipinski definition) is 8. The van der Waals surface area contributed by atoms with E-state index in [0.717, 1.165) is 20.9 Å². The van der Waals surface area contributed by atoms with Crippen LogP contribution in [-0.4, -0.2) is 175 Å². The summed E-state index contributed by atoms with van der Waals surface area (Å²) in [6.07, 6.45) is 3.18. The SMILES string of the molecule is COc1cc2cc(c1C)N(C)C(=O)CC(OC(=O)[C@H](C)N(C)C(=O)OCc1ccc(NC(=O)[C@H](CCCNC(N)=O)NC(=O)[C@@H](NC(O)CCCCCN3C(=O)C=CC3=O)C(C)C)cc1)C1(C)OC1C(C)C1CC(O)(NC(=O)O1)C(OC)/C=C/C=C(\C)C2. The lowest BCUT2D eigenvalue weighted by molar-refractivity contribution is -0.158. The number of rotatable bonds is 24. The Hall–Kier alpha value is -7.91. The van der Waals surface area contributed by atoms with Crippen molar-refractivity contribution in [1.82, 2.24) is 31.1 Å². The van der Waals surface area contributed by atoms with Gasteiger partial charge in [-0.1, -0.05) is 63.1 Å². The number of esters is 1. The molecule has 0 spiro atoms. The third kappa shape index (κ3) is 18.1. The highest BCUT2D eigenvalue weighted by molar-refractivity contribution is 6.12. The van der Waals surface area contributed by atoms with Gasteiger partial charge in [-0.15, -0.1) is 0 Å². The summed E-state index contributed by atoms with van der Waals surface area (Å²) in [5.41, 5.74) is 5.84. The molecule has 4 heterocycles. The Morgan fingerprint density at radius 2 is 1.65 bits per heavy atom.